The molecule has 0 saturated heterocycles. The van der Waals surface area contributed by atoms with Crippen molar-refractivity contribution in [1.29, 1.82) is 0 Å². The normalized spacial score (nSPS) is 15.4. The third-order valence-corrected chi connectivity index (χ3v) is 5.97. The second-order valence-corrected chi connectivity index (χ2v) is 10.7. The minimum Gasteiger partial charge on any atom is -0.497 e. The molecule has 2 amide bonds. The Morgan fingerprint density at radius 2 is 1.89 bits per heavy atom. The largest absolute Gasteiger partial charge is 0.497 e. The molecular weight excluding hydrogens is 514 g/mol. The fourth-order valence-corrected chi connectivity index (χ4v) is 4.05. The molecule has 3 rings (SSSR count). The molecule has 8 nitrogen and oxygen atoms in total. The molecule has 35 heavy (non-hydrogen) atoms. The third-order valence-electron chi connectivity index (χ3n) is 5.47. The second kappa shape index (κ2) is 11.3. The summed E-state index contributed by atoms with van der Waals surface area (Å²) < 4.78 is 17.8. The van der Waals surface area contributed by atoms with E-state index in [9.17, 15) is 9.59 Å². The topological polar surface area (TPSA) is 80.3 Å². The average molecular weight is 548 g/mol. The molecule has 0 aromatic heterocycles. The standard InChI is InChI=1S/C26H34BrN3O5/c1-26(2,3)35-25(32)30-16-17-7-9-20(33-6)13-18(17)14-22(30)24(31)28-21-10-8-19(27)15-23(21)34-12-11-29(4)5/h7-10,13,15,22H,11-12,14,16H2,1-6H3,(H,28,31)/t22-/m0/s1. The van der Waals surface area contributed by atoms with Crippen molar-refractivity contribution in [2.24, 2.45) is 0 Å². The van der Waals surface area contributed by atoms with Crippen molar-refractivity contribution >= 4 is 33.6 Å². The number of fused-ring (bicyclic) bond motifs is 1. The molecule has 0 fully saturated rings. The summed E-state index contributed by atoms with van der Waals surface area (Å²) in [5, 5.41) is 2.97. The average Bonchev–Trinajstić information content (AvgIpc) is 2.78. The zero-order valence-corrected chi connectivity index (χ0v) is 22.8. The lowest BCUT2D eigenvalue weighted by molar-refractivity contribution is -0.121. The Bertz CT molecular complexity index is 1070. The van der Waals surface area contributed by atoms with E-state index >= 15 is 0 Å². The number of halogens is 1. The maximum Gasteiger partial charge on any atom is 0.411 e. The second-order valence-electron chi connectivity index (χ2n) is 9.74. The van der Waals surface area contributed by atoms with Crippen LogP contribution in [0, 0.1) is 0 Å². The molecule has 0 spiro atoms. The highest BCUT2D eigenvalue weighted by Crippen LogP contribution is 2.32. The molecule has 0 radical (unpaired) electrons. The van der Waals surface area contributed by atoms with Gasteiger partial charge in [-0.05, 0) is 76.3 Å². The van der Waals surface area contributed by atoms with Gasteiger partial charge in [-0.1, -0.05) is 22.0 Å². The first-order chi connectivity index (χ1) is 16.5. The van der Waals surface area contributed by atoms with Crippen LogP contribution in [0.15, 0.2) is 40.9 Å². The molecular formula is C26H34BrN3O5. The number of nitrogens with one attached hydrogen (secondary N) is 1. The van der Waals surface area contributed by atoms with Gasteiger partial charge < -0.3 is 24.4 Å². The van der Waals surface area contributed by atoms with Crippen LogP contribution in [0.5, 0.6) is 11.5 Å². The van der Waals surface area contributed by atoms with E-state index in [0.717, 1.165) is 22.1 Å². The summed E-state index contributed by atoms with van der Waals surface area (Å²) in [7, 11) is 5.54. The lowest BCUT2D eigenvalue weighted by Crippen LogP contribution is -2.52. The van der Waals surface area contributed by atoms with Crippen molar-refractivity contribution in [3.63, 3.8) is 0 Å². The molecule has 2 aromatic carbocycles. The number of hydrogen-bond acceptors (Lipinski definition) is 6. The number of ether oxygens (including phenoxy) is 3. The zero-order chi connectivity index (χ0) is 25.8. The van der Waals surface area contributed by atoms with E-state index in [1.165, 1.54) is 4.90 Å². The van der Waals surface area contributed by atoms with Crippen molar-refractivity contribution in [2.45, 2.75) is 45.4 Å². The van der Waals surface area contributed by atoms with Crippen LogP contribution in [-0.2, 0) is 22.5 Å². The fourth-order valence-electron chi connectivity index (χ4n) is 3.71. The molecule has 2 aromatic rings. The first-order valence-corrected chi connectivity index (χ1v) is 12.3. The lowest BCUT2D eigenvalue weighted by atomic mass is 9.93. The monoisotopic (exact) mass is 547 g/mol. The number of methoxy groups -OCH3 is 1. The summed E-state index contributed by atoms with van der Waals surface area (Å²) in [6.45, 7) is 6.88. The maximum absolute atomic E-state index is 13.6. The molecule has 190 valence electrons. The molecule has 1 heterocycles. The SMILES string of the molecule is COc1ccc2c(c1)C[C@@H](C(=O)Nc1ccc(Br)cc1OCCN(C)C)N(C(=O)OC(C)(C)C)C2. The number of hydrogen-bond donors (Lipinski definition) is 1. The maximum atomic E-state index is 13.6. The Labute approximate surface area is 215 Å². The van der Waals surface area contributed by atoms with Crippen molar-refractivity contribution in [2.75, 3.05) is 39.7 Å². The Hall–Kier alpha value is -2.78. The van der Waals surface area contributed by atoms with Crippen LogP contribution in [0.4, 0.5) is 10.5 Å². The van der Waals surface area contributed by atoms with Gasteiger partial charge in [-0.2, -0.15) is 0 Å². The van der Waals surface area contributed by atoms with E-state index in [-0.39, 0.29) is 12.5 Å². The van der Waals surface area contributed by atoms with Crippen LogP contribution < -0.4 is 14.8 Å². The molecule has 9 heteroatoms. The van der Waals surface area contributed by atoms with Crippen LogP contribution in [0.2, 0.25) is 0 Å². The zero-order valence-electron chi connectivity index (χ0n) is 21.2. The first-order valence-electron chi connectivity index (χ1n) is 11.5. The van der Waals surface area contributed by atoms with Gasteiger partial charge in [0.1, 0.15) is 29.7 Å². The minimum atomic E-state index is -0.761. The number of benzene rings is 2. The third kappa shape index (κ3) is 7.35. The highest BCUT2D eigenvalue weighted by atomic mass is 79.9. The number of rotatable bonds is 7. The number of amides is 2. The van der Waals surface area contributed by atoms with Crippen molar-refractivity contribution < 1.29 is 23.8 Å². The van der Waals surface area contributed by atoms with Crippen LogP contribution in [0.1, 0.15) is 31.9 Å². The molecule has 0 aliphatic carbocycles. The summed E-state index contributed by atoms with van der Waals surface area (Å²) in [6, 6.07) is 10.4. The lowest BCUT2D eigenvalue weighted by Gasteiger charge is -2.37. The van der Waals surface area contributed by atoms with Gasteiger partial charge in [0.15, 0.2) is 0 Å². The van der Waals surface area contributed by atoms with Gasteiger partial charge >= 0.3 is 6.09 Å². The molecule has 1 atom stereocenters. The van der Waals surface area contributed by atoms with Crippen molar-refractivity contribution in [1.82, 2.24) is 9.80 Å². The molecule has 0 bridgehead atoms. The fraction of sp³-hybridized carbons (Fsp3) is 0.462. The number of carbonyl (C=O) groups excluding carboxylic acids is 2. The van der Waals surface area contributed by atoms with Crippen LogP contribution in [-0.4, -0.2) is 67.8 Å². The summed E-state index contributed by atoms with van der Waals surface area (Å²) >= 11 is 3.46. The van der Waals surface area contributed by atoms with E-state index in [1.807, 2.05) is 70.1 Å². The molecule has 0 saturated carbocycles. The Morgan fingerprint density at radius 1 is 1.14 bits per heavy atom. The van der Waals surface area contributed by atoms with Gasteiger partial charge in [-0.25, -0.2) is 4.79 Å². The molecule has 1 aliphatic rings. The van der Waals surface area contributed by atoms with E-state index < -0.39 is 17.7 Å². The quantitative estimate of drug-likeness (QED) is 0.541. The number of nitrogens with zero attached hydrogens (tertiary/aromatic N) is 2. The number of carbonyl (C=O) groups is 2. The highest BCUT2D eigenvalue weighted by Gasteiger charge is 2.37. The van der Waals surface area contributed by atoms with Gasteiger partial charge in [0, 0.05) is 17.4 Å². The van der Waals surface area contributed by atoms with E-state index in [0.29, 0.717) is 30.2 Å². The minimum absolute atomic E-state index is 0.263. The van der Waals surface area contributed by atoms with Crippen molar-refractivity contribution in [3.8, 4) is 11.5 Å². The summed E-state index contributed by atoms with van der Waals surface area (Å²) in [4.78, 5) is 30.2. The summed E-state index contributed by atoms with van der Waals surface area (Å²) in [6.07, 6.45) is -0.192. The van der Waals surface area contributed by atoms with Gasteiger partial charge in [0.05, 0.1) is 19.3 Å². The van der Waals surface area contributed by atoms with Gasteiger partial charge in [0.25, 0.3) is 0 Å². The van der Waals surface area contributed by atoms with Crippen molar-refractivity contribution in [3.05, 3.63) is 52.0 Å². The molecule has 1 N–H and O–H groups in total. The Morgan fingerprint density at radius 3 is 2.54 bits per heavy atom. The van der Waals surface area contributed by atoms with Gasteiger partial charge in [-0.15, -0.1) is 0 Å². The predicted molar refractivity (Wildman–Crippen MR) is 139 cm³/mol. The summed E-state index contributed by atoms with van der Waals surface area (Å²) in [5.74, 6) is 0.943. The van der Waals surface area contributed by atoms with Gasteiger partial charge in [0.2, 0.25) is 5.91 Å². The van der Waals surface area contributed by atoms with E-state index in [2.05, 4.69) is 21.2 Å². The predicted octanol–water partition coefficient (Wildman–Crippen LogP) is 4.70. The van der Waals surface area contributed by atoms with Crippen LogP contribution in [0.25, 0.3) is 0 Å². The van der Waals surface area contributed by atoms with Crippen LogP contribution >= 0.6 is 15.9 Å². The van der Waals surface area contributed by atoms with E-state index in [4.69, 9.17) is 14.2 Å². The number of likely N-dealkylation sites (N-methyl/N-ethyl adjacent to an activating group) is 1. The smallest absolute Gasteiger partial charge is 0.411 e. The molecule has 1 aliphatic heterocycles. The Balaban J connectivity index is 1.88. The Kier molecular flexibility index (Phi) is 8.66. The van der Waals surface area contributed by atoms with E-state index in [1.54, 1.807) is 13.2 Å². The van der Waals surface area contributed by atoms with Gasteiger partial charge in [-0.3, -0.25) is 9.69 Å². The highest BCUT2D eigenvalue weighted by molar-refractivity contribution is 9.10. The number of anilines is 1. The first kappa shape index (κ1) is 26.8. The summed E-state index contributed by atoms with van der Waals surface area (Å²) in [5.41, 5.74) is 1.77. The molecule has 0 unspecified atom stereocenters. The van der Waals surface area contributed by atoms with Crippen LogP contribution in [0.3, 0.4) is 0 Å².